The van der Waals surface area contributed by atoms with Crippen LogP contribution in [0, 0.1) is 11.3 Å². The fraction of sp³-hybridized carbons (Fsp3) is 0.188. The van der Waals surface area contributed by atoms with Crippen molar-refractivity contribution in [2.45, 2.75) is 6.42 Å². The summed E-state index contributed by atoms with van der Waals surface area (Å²) in [7, 11) is 0. The number of ether oxygens (including phenoxy) is 2. The monoisotopic (exact) mass is 321 g/mol. The van der Waals surface area contributed by atoms with Crippen LogP contribution in [0.1, 0.15) is 12.0 Å². The van der Waals surface area contributed by atoms with Crippen molar-refractivity contribution in [1.29, 1.82) is 5.26 Å². The van der Waals surface area contributed by atoms with Gasteiger partial charge in [0.1, 0.15) is 11.5 Å². The molecule has 2 aromatic carbocycles. The summed E-state index contributed by atoms with van der Waals surface area (Å²) in [6, 6.07) is 14.1. The van der Waals surface area contributed by atoms with Gasteiger partial charge in [-0.1, -0.05) is 23.2 Å². The largest absolute Gasteiger partial charge is 0.493 e. The summed E-state index contributed by atoms with van der Waals surface area (Å²) in [6.07, 6.45) is 0.711. The summed E-state index contributed by atoms with van der Waals surface area (Å²) in [4.78, 5) is 0. The van der Waals surface area contributed by atoms with E-state index in [0.717, 1.165) is 5.75 Å². The molecule has 0 N–H and O–H groups in total. The zero-order valence-electron chi connectivity index (χ0n) is 11.2. The van der Waals surface area contributed by atoms with Crippen LogP contribution in [0.15, 0.2) is 42.5 Å². The summed E-state index contributed by atoms with van der Waals surface area (Å²) in [5, 5.41) is 9.82. The number of nitriles is 1. The standard InChI is InChI=1S/C16H13Cl2NO2/c17-13-4-7-15(18)16(10-13)21-9-1-8-20-14-5-2-12(11-19)3-6-14/h2-7,10H,1,8-9H2. The number of hydrogen-bond acceptors (Lipinski definition) is 3. The van der Waals surface area contributed by atoms with Gasteiger partial charge in [-0.2, -0.15) is 5.26 Å². The molecule has 0 aliphatic heterocycles. The zero-order valence-corrected chi connectivity index (χ0v) is 12.7. The third kappa shape index (κ3) is 4.86. The third-order valence-electron chi connectivity index (χ3n) is 2.69. The van der Waals surface area contributed by atoms with E-state index in [9.17, 15) is 0 Å². The minimum atomic E-state index is 0.482. The molecule has 0 radical (unpaired) electrons. The molecule has 21 heavy (non-hydrogen) atoms. The molecule has 0 atom stereocenters. The number of benzene rings is 2. The average Bonchev–Trinajstić information content (AvgIpc) is 2.51. The first-order valence-corrected chi connectivity index (χ1v) is 7.15. The fourth-order valence-corrected chi connectivity index (χ4v) is 1.98. The van der Waals surface area contributed by atoms with Gasteiger partial charge in [0.2, 0.25) is 0 Å². The Labute approximate surface area is 133 Å². The Balaban J connectivity index is 1.72. The van der Waals surface area contributed by atoms with E-state index in [2.05, 4.69) is 6.07 Å². The Morgan fingerprint density at radius 3 is 2.38 bits per heavy atom. The van der Waals surface area contributed by atoms with Crippen LogP contribution in [0.3, 0.4) is 0 Å². The van der Waals surface area contributed by atoms with Crippen molar-refractivity contribution in [3.8, 4) is 17.6 Å². The Morgan fingerprint density at radius 2 is 1.67 bits per heavy atom. The first-order valence-electron chi connectivity index (χ1n) is 6.40. The summed E-state index contributed by atoms with van der Waals surface area (Å²) in [6.45, 7) is 1.00. The maximum Gasteiger partial charge on any atom is 0.139 e. The summed E-state index contributed by atoms with van der Waals surface area (Å²) < 4.78 is 11.1. The molecule has 0 heterocycles. The predicted octanol–water partition coefficient (Wildman–Crippen LogP) is 4.71. The minimum Gasteiger partial charge on any atom is -0.493 e. The lowest BCUT2D eigenvalue weighted by Gasteiger charge is -2.09. The van der Waals surface area contributed by atoms with Gasteiger partial charge in [-0.15, -0.1) is 0 Å². The molecule has 0 saturated heterocycles. The van der Waals surface area contributed by atoms with Crippen LogP contribution >= 0.6 is 23.2 Å². The highest BCUT2D eigenvalue weighted by molar-refractivity contribution is 6.34. The van der Waals surface area contributed by atoms with Crippen molar-refractivity contribution in [2.24, 2.45) is 0 Å². The molecule has 0 saturated carbocycles. The van der Waals surface area contributed by atoms with E-state index in [-0.39, 0.29) is 0 Å². The molecule has 0 unspecified atom stereocenters. The molecule has 2 rings (SSSR count). The van der Waals surface area contributed by atoms with E-state index in [4.69, 9.17) is 37.9 Å². The van der Waals surface area contributed by atoms with E-state index >= 15 is 0 Å². The molecule has 0 spiro atoms. The third-order valence-corrected chi connectivity index (χ3v) is 3.24. The van der Waals surface area contributed by atoms with Crippen LogP contribution in [-0.2, 0) is 0 Å². The molecule has 108 valence electrons. The van der Waals surface area contributed by atoms with Gasteiger partial charge in [-0.05, 0) is 36.4 Å². The Hall–Kier alpha value is -1.89. The molecule has 0 aromatic heterocycles. The second-order valence-corrected chi connectivity index (χ2v) is 5.11. The molecular formula is C16H13Cl2NO2. The molecule has 0 aliphatic carbocycles. The average molecular weight is 322 g/mol. The van der Waals surface area contributed by atoms with Crippen LogP contribution in [0.5, 0.6) is 11.5 Å². The number of hydrogen-bond donors (Lipinski definition) is 0. The van der Waals surface area contributed by atoms with Gasteiger partial charge in [0, 0.05) is 17.5 Å². The second-order valence-electron chi connectivity index (χ2n) is 4.26. The fourth-order valence-electron chi connectivity index (χ4n) is 1.64. The van der Waals surface area contributed by atoms with Crippen LogP contribution in [0.2, 0.25) is 10.0 Å². The number of halogens is 2. The molecule has 0 aliphatic rings. The Bertz CT molecular complexity index is 636. The summed E-state index contributed by atoms with van der Waals surface area (Å²) in [5.41, 5.74) is 0.612. The molecule has 0 bridgehead atoms. The van der Waals surface area contributed by atoms with Crippen molar-refractivity contribution >= 4 is 23.2 Å². The van der Waals surface area contributed by atoms with Crippen molar-refractivity contribution in [3.05, 3.63) is 58.1 Å². The summed E-state index contributed by atoms with van der Waals surface area (Å²) in [5.74, 6) is 1.30. The number of nitrogens with zero attached hydrogens (tertiary/aromatic N) is 1. The van der Waals surface area contributed by atoms with E-state index in [1.165, 1.54) is 0 Å². The normalized spacial score (nSPS) is 9.95. The van der Waals surface area contributed by atoms with Gasteiger partial charge < -0.3 is 9.47 Å². The maximum absolute atomic E-state index is 8.70. The van der Waals surface area contributed by atoms with Crippen LogP contribution in [0.4, 0.5) is 0 Å². The van der Waals surface area contributed by atoms with E-state index in [1.807, 2.05) is 0 Å². The molecule has 0 fully saturated rings. The molecule has 5 heteroatoms. The van der Waals surface area contributed by atoms with Crippen LogP contribution in [0.25, 0.3) is 0 Å². The number of rotatable bonds is 6. The van der Waals surface area contributed by atoms with Crippen LogP contribution in [-0.4, -0.2) is 13.2 Å². The lowest BCUT2D eigenvalue weighted by atomic mass is 10.2. The smallest absolute Gasteiger partial charge is 0.139 e. The van der Waals surface area contributed by atoms with Gasteiger partial charge in [0.15, 0.2) is 0 Å². The van der Waals surface area contributed by atoms with E-state index in [1.54, 1.807) is 42.5 Å². The molecular weight excluding hydrogens is 309 g/mol. The van der Waals surface area contributed by atoms with Crippen molar-refractivity contribution in [2.75, 3.05) is 13.2 Å². The second kappa shape index (κ2) is 7.78. The topological polar surface area (TPSA) is 42.2 Å². The van der Waals surface area contributed by atoms with Gasteiger partial charge in [0.25, 0.3) is 0 Å². The SMILES string of the molecule is N#Cc1ccc(OCCCOc2cc(Cl)ccc2Cl)cc1. The molecule has 3 nitrogen and oxygen atoms in total. The van der Waals surface area contributed by atoms with E-state index < -0.39 is 0 Å². The quantitative estimate of drug-likeness (QED) is 0.723. The first-order chi connectivity index (χ1) is 10.2. The predicted molar refractivity (Wildman–Crippen MR) is 83.2 cm³/mol. The minimum absolute atomic E-state index is 0.482. The maximum atomic E-state index is 8.70. The molecule has 2 aromatic rings. The zero-order chi connectivity index (χ0) is 15.1. The Morgan fingerprint density at radius 1 is 0.952 bits per heavy atom. The summed E-state index contributed by atoms with van der Waals surface area (Å²) >= 11 is 11.9. The molecule has 0 amide bonds. The van der Waals surface area contributed by atoms with Gasteiger partial charge >= 0.3 is 0 Å². The van der Waals surface area contributed by atoms with Crippen molar-refractivity contribution in [3.63, 3.8) is 0 Å². The van der Waals surface area contributed by atoms with Crippen molar-refractivity contribution in [1.82, 2.24) is 0 Å². The Kier molecular flexibility index (Phi) is 5.74. The first kappa shape index (κ1) is 15.5. The highest BCUT2D eigenvalue weighted by atomic mass is 35.5. The van der Waals surface area contributed by atoms with Gasteiger partial charge in [0.05, 0.1) is 29.9 Å². The van der Waals surface area contributed by atoms with Crippen molar-refractivity contribution < 1.29 is 9.47 Å². The lowest BCUT2D eigenvalue weighted by molar-refractivity contribution is 0.247. The highest BCUT2D eigenvalue weighted by Crippen LogP contribution is 2.27. The highest BCUT2D eigenvalue weighted by Gasteiger charge is 2.02. The van der Waals surface area contributed by atoms with E-state index in [0.29, 0.717) is 41.0 Å². The lowest BCUT2D eigenvalue weighted by Crippen LogP contribution is -2.05. The van der Waals surface area contributed by atoms with Crippen LogP contribution < -0.4 is 9.47 Å². The van der Waals surface area contributed by atoms with Gasteiger partial charge in [-0.3, -0.25) is 0 Å². The van der Waals surface area contributed by atoms with Gasteiger partial charge in [-0.25, -0.2) is 0 Å².